The van der Waals surface area contributed by atoms with Crippen molar-refractivity contribution in [1.29, 1.82) is 0 Å². The summed E-state index contributed by atoms with van der Waals surface area (Å²) in [7, 11) is 0. The van der Waals surface area contributed by atoms with Gasteiger partial charge < -0.3 is 14.9 Å². The zero-order valence-electron chi connectivity index (χ0n) is 12.5. The quantitative estimate of drug-likeness (QED) is 0.644. The number of benzene rings is 1. The van der Waals surface area contributed by atoms with Crippen LogP contribution in [-0.2, 0) is 11.3 Å². The molecule has 1 aliphatic heterocycles. The first-order valence-electron chi connectivity index (χ1n) is 7.17. The topological polar surface area (TPSA) is 83.8 Å². The predicted octanol–water partition coefficient (Wildman–Crippen LogP) is 3.00. The van der Waals surface area contributed by atoms with Crippen LogP contribution in [0.5, 0.6) is 0 Å². The second-order valence-electron chi connectivity index (χ2n) is 5.07. The van der Waals surface area contributed by atoms with Crippen LogP contribution in [0.3, 0.4) is 0 Å². The highest BCUT2D eigenvalue weighted by Crippen LogP contribution is 2.23. The Balaban J connectivity index is 0.000000240. The van der Waals surface area contributed by atoms with Crippen LogP contribution in [0.4, 0.5) is 0 Å². The summed E-state index contributed by atoms with van der Waals surface area (Å²) in [4.78, 5) is 21.8. The van der Waals surface area contributed by atoms with Gasteiger partial charge >= 0.3 is 11.9 Å². The van der Waals surface area contributed by atoms with E-state index >= 15 is 0 Å². The molecule has 0 radical (unpaired) electrons. The summed E-state index contributed by atoms with van der Waals surface area (Å²) in [6, 6.07) is 4.69. The zero-order valence-corrected chi connectivity index (χ0v) is 12.5. The Morgan fingerprint density at radius 2 is 2.10 bits per heavy atom. The molecule has 1 unspecified atom stereocenters. The first-order valence-corrected chi connectivity index (χ1v) is 7.17. The third-order valence-electron chi connectivity index (χ3n) is 3.17. The van der Waals surface area contributed by atoms with E-state index in [0.29, 0.717) is 5.56 Å². The van der Waals surface area contributed by atoms with Crippen LogP contribution in [0.1, 0.15) is 65.8 Å². The third-order valence-corrected chi connectivity index (χ3v) is 3.17. The van der Waals surface area contributed by atoms with Crippen LogP contribution < -0.4 is 0 Å². The Morgan fingerprint density at radius 1 is 1.38 bits per heavy atom. The normalized spacial score (nSPS) is 13.8. The average Bonchev–Trinajstić information content (AvgIpc) is 2.81. The van der Waals surface area contributed by atoms with Gasteiger partial charge in [-0.1, -0.05) is 38.3 Å². The van der Waals surface area contributed by atoms with Gasteiger partial charge in [0.05, 0.1) is 17.2 Å². The van der Waals surface area contributed by atoms with Gasteiger partial charge in [0.1, 0.15) is 6.61 Å². The molecule has 1 aromatic carbocycles. The number of ether oxygens (including phenoxy) is 1. The van der Waals surface area contributed by atoms with Crippen LogP contribution in [-0.4, -0.2) is 28.3 Å². The van der Waals surface area contributed by atoms with Crippen molar-refractivity contribution in [2.24, 2.45) is 0 Å². The number of aromatic carboxylic acids is 1. The molecule has 1 aliphatic rings. The molecule has 0 amide bonds. The smallest absolute Gasteiger partial charge is 0.339 e. The molecule has 116 valence electrons. The Morgan fingerprint density at radius 3 is 2.67 bits per heavy atom. The Kier molecular flexibility index (Phi) is 6.88. The summed E-state index contributed by atoms with van der Waals surface area (Å²) in [5.74, 6) is -1.65. The fourth-order valence-electron chi connectivity index (χ4n) is 2.04. The molecule has 0 aliphatic carbocycles. The number of hydrogen-bond acceptors (Lipinski definition) is 4. The lowest BCUT2D eigenvalue weighted by Crippen LogP contribution is -2.05. The zero-order chi connectivity index (χ0) is 15.8. The van der Waals surface area contributed by atoms with Gasteiger partial charge in [-0.15, -0.1) is 0 Å². The van der Waals surface area contributed by atoms with Crippen LogP contribution in [0.15, 0.2) is 18.2 Å². The highest BCUT2D eigenvalue weighted by molar-refractivity contribution is 6.04. The van der Waals surface area contributed by atoms with E-state index in [1.807, 2.05) is 6.92 Å². The summed E-state index contributed by atoms with van der Waals surface area (Å²) >= 11 is 0. The van der Waals surface area contributed by atoms with Gasteiger partial charge in [-0.25, -0.2) is 9.59 Å². The molecule has 1 atom stereocenters. The monoisotopic (exact) mass is 294 g/mol. The summed E-state index contributed by atoms with van der Waals surface area (Å²) in [5.41, 5.74) is 0.847. The number of hydrogen-bond donors (Lipinski definition) is 2. The molecule has 0 aromatic heterocycles. The number of rotatable bonds is 5. The molecule has 2 rings (SSSR count). The highest BCUT2D eigenvalue weighted by atomic mass is 16.5. The van der Waals surface area contributed by atoms with Crippen LogP contribution >= 0.6 is 0 Å². The Labute approximate surface area is 124 Å². The van der Waals surface area contributed by atoms with Gasteiger partial charge in [-0.2, -0.15) is 0 Å². The predicted molar refractivity (Wildman–Crippen MR) is 78.3 cm³/mol. The first kappa shape index (κ1) is 17.2. The number of carbonyl (C=O) groups is 2. The van der Waals surface area contributed by atoms with Crippen LogP contribution in [0.2, 0.25) is 0 Å². The standard InChI is InChI=1S/C9H6O4.C7H16O/c10-8(11)6-3-1-2-5-4-13-9(12)7(5)6;1-3-4-5-6-7(2)8/h1-3H,4H2,(H,10,11);7-8H,3-6H2,1-2H3. The van der Waals surface area contributed by atoms with Gasteiger partial charge in [-0.05, 0) is 19.4 Å². The van der Waals surface area contributed by atoms with E-state index in [1.165, 1.54) is 25.3 Å². The summed E-state index contributed by atoms with van der Waals surface area (Å²) < 4.78 is 4.71. The van der Waals surface area contributed by atoms with E-state index < -0.39 is 11.9 Å². The SMILES string of the molecule is CCCCCC(C)O.O=C(O)c1cccc2c1C(=O)OC2. The van der Waals surface area contributed by atoms with Crippen molar-refractivity contribution in [2.75, 3.05) is 0 Å². The first-order chi connectivity index (χ1) is 9.97. The minimum atomic E-state index is -1.10. The molecule has 21 heavy (non-hydrogen) atoms. The molecule has 0 bridgehead atoms. The van der Waals surface area contributed by atoms with E-state index in [2.05, 4.69) is 6.92 Å². The molecule has 0 spiro atoms. The van der Waals surface area contributed by atoms with Gasteiger partial charge in [0.2, 0.25) is 0 Å². The fraction of sp³-hybridized carbons (Fsp3) is 0.500. The van der Waals surface area contributed by atoms with Gasteiger partial charge in [0.15, 0.2) is 0 Å². The van der Waals surface area contributed by atoms with Gasteiger partial charge in [0.25, 0.3) is 0 Å². The molecule has 1 heterocycles. The lowest BCUT2D eigenvalue weighted by molar-refractivity contribution is 0.0526. The summed E-state index contributed by atoms with van der Waals surface area (Å²) in [6.07, 6.45) is 4.54. The van der Waals surface area contributed by atoms with Gasteiger partial charge in [-0.3, -0.25) is 0 Å². The van der Waals surface area contributed by atoms with Crippen molar-refractivity contribution in [1.82, 2.24) is 0 Å². The molecule has 5 nitrogen and oxygen atoms in total. The number of carbonyl (C=O) groups excluding carboxylic acids is 1. The number of esters is 1. The second-order valence-corrected chi connectivity index (χ2v) is 5.07. The fourth-order valence-corrected chi connectivity index (χ4v) is 2.04. The van der Waals surface area contributed by atoms with E-state index in [-0.39, 0.29) is 23.8 Å². The van der Waals surface area contributed by atoms with E-state index in [9.17, 15) is 9.59 Å². The lowest BCUT2D eigenvalue weighted by atomic mass is 10.0. The Bertz CT molecular complexity index is 493. The van der Waals surface area contributed by atoms with Gasteiger partial charge in [0, 0.05) is 5.56 Å². The third kappa shape index (κ3) is 5.19. The van der Waals surface area contributed by atoms with Crippen molar-refractivity contribution in [3.8, 4) is 0 Å². The van der Waals surface area contributed by atoms with E-state index in [1.54, 1.807) is 12.1 Å². The van der Waals surface area contributed by atoms with Crippen LogP contribution in [0, 0.1) is 0 Å². The molecular formula is C16H22O5. The van der Waals surface area contributed by atoms with Crippen molar-refractivity contribution in [3.63, 3.8) is 0 Å². The molecule has 2 N–H and O–H groups in total. The number of cyclic esters (lactones) is 1. The number of fused-ring (bicyclic) bond motifs is 1. The number of carboxylic acids is 1. The Hall–Kier alpha value is -1.88. The molecule has 1 aromatic rings. The number of aliphatic hydroxyl groups excluding tert-OH is 1. The minimum absolute atomic E-state index is 0.0139. The minimum Gasteiger partial charge on any atom is -0.478 e. The van der Waals surface area contributed by atoms with E-state index in [0.717, 1.165) is 6.42 Å². The van der Waals surface area contributed by atoms with Crippen molar-refractivity contribution < 1.29 is 24.5 Å². The molecule has 0 saturated heterocycles. The molecule has 5 heteroatoms. The number of aliphatic hydroxyl groups is 1. The lowest BCUT2D eigenvalue weighted by Gasteiger charge is -2.00. The maximum atomic E-state index is 11.1. The summed E-state index contributed by atoms with van der Waals surface area (Å²) in [5, 5.41) is 17.5. The summed E-state index contributed by atoms with van der Waals surface area (Å²) in [6.45, 7) is 4.19. The van der Waals surface area contributed by atoms with Crippen molar-refractivity contribution in [3.05, 3.63) is 34.9 Å². The number of unbranched alkanes of at least 4 members (excludes halogenated alkanes) is 2. The largest absolute Gasteiger partial charge is 0.478 e. The number of carboxylic acid groups (broad SMARTS) is 1. The van der Waals surface area contributed by atoms with Crippen molar-refractivity contribution in [2.45, 2.75) is 52.2 Å². The maximum Gasteiger partial charge on any atom is 0.339 e. The second kappa shape index (κ2) is 8.42. The maximum absolute atomic E-state index is 11.1. The molecular weight excluding hydrogens is 272 g/mol. The molecule has 0 saturated carbocycles. The molecule has 0 fully saturated rings. The highest BCUT2D eigenvalue weighted by Gasteiger charge is 2.26. The van der Waals surface area contributed by atoms with Crippen molar-refractivity contribution >= 4 is 11.9 Å². The van der Waals surface area contributed by atoms with E-state index in [4.69, 9.17) is 14.9 Å². The van der Waals surface area contributed by atoms with Crippen LogP contribution in [0.25, 0.3) is 0 Å². The average molecular weight is 294 g/mol.